The van der Waals surface area contributed by atoms with Gasteiger partial charge in [0, 0.05) is 16.7 Å². The fraction of sp³-hybridized carbons (Fsp3) is 0.222. The van der Waals surface area contributed by atoms with Crippen molar-refractivity contribution >= 4 is 0 Å². The number of rotatable bonds is 9. The van der Waals surface area contributed by atoms with Gasteiger partial charge < -0.3 is 28.4 Å². The molecular weight excluding hydrogens is 462 g/mol. The Morgan fingerprint density at radius 1 is 0.361 bits per heavy atom. The first-order valence-corrected chi connectivity index (χ1v) is 11.0. The fourth-order valence-corrected chi connectivity index (χ4v) is 3.69. The highest BCUT2D eigenvalue weighted by Crippen LogP contribution is 2.36. The molecular formula is C27H27N3O6. The van der Waals surface area contributed by atoms with Crippen molar-refractivity contribution < 1.29 is 28.4 Å². The molecule has 0 atom stereocenters. The minimum absolute atomic E-state index is 0.459. The first-order valence-electron chi connectivity index (χ1n) is 11.0. The van der Waals surface area contributed by atoms with Crippen molar-refractivity contribution in [1.82, 2.24) is 15.0 Å². The summed E-state index contributed by atoms with van der Waals surface area (Å²) < 4.78 is 32.6. The number of aromatic nitrogens is 3. The van der Waals surface area contributed by atoms with Crippen LogP contribution in [0, 0.1) is 0 Å². The Balaban J connectivity index is 1.93. The third-order valence-electron chi connectivity index (χ3n) is 5.56. The maximum absolute atomic E-state index is 5.48. The predicted molar refractivity (Wildman–Crippen MR) is 135 cm³/mol. The van der Waals surface area contributed by atoms with Gasteiger partial charge in [-0.25, -0.2) is 15.0 Å². The Hall–Kier alpha value is -4.53. The van der Waals surface area contributed by atoms with E-state index in [0.717, 1.165) is 16.7 Å². The number of nitrogens with zero attached hydrogens (tertiary/aromatic N) is 3. The molecule has 1 heterocycles. The molecule has 4 rings (SSSR count). The first-order chi connectivity index (χ1) is 17.5. The van der Waals surface area contributed by atoms with Gasteiger partial charge in [-0.3, -0.25) is 0 Å². The van der Waals surface area contributed by atoms with E-state index in [9.17, 15) is 0 Å². The van der Waals surface area contributed by atoms with Gasteiger partial charge in [0.1, 0.15) is 0 Å². The van der Waals surface area contributed by atoms with Gasteiger partial charge in [0.2, 0.25) is 0 Å². The number of methoxy groups -OCH3 is 6. The van der Waals surface area contributed by atoms with E-state index < -0.39 is 0 Å². The van der Waals surface area contributed by atoms with Gasteiger partial charge in [-0.1, -0.05) is 0 Å². The van der Waals surface area contributed by atoms with E-state index in [-0.39, 0.29) is 0 Å². The lowest BCUT2D eigenvalue weighted by molar-refractivity contribution is 0.355. The molecule has 9 heteroatoms. The van der Waals surface area contributed by atoms with Gasteiger partial charge in [0.05, 0.1) is 42.7 Å². The molecule has 0 saturated heterocycles. The Morgan fingerprint density at radius 2 is 0.611 bits per heavy atom. The summed E-state index contributed by atoms with van der Waals surface area (Å²) >= 11 is 0. The van der Waals surface area contributed by atoms with Crippen LogP contribution in [0.5, 0.6) is 34.5 Å². The van der Waals surface area contributed by atoms with Crippen molar-refractivity contribution in [3.8, 4) is 68.7 Å². The minimum atomic E-state index is 0.459. The maximum atomic E-state index is 5.48. The van der Waals surface area contributed by atoms with Crippen LogP contribution in [-0.2, 0) is 0 Å². The Bertz CT molecular complexity index is 1200. The van der Waals surface area contributed by atoms with Gasteiger partial charge in [0.15, 0.2) is 52.0 Å². The molecule has 0 aliphatic heterocycles. The highest BCUT2D eigenvalue weighted by molar-refractivity contribution is 5.70. The van der Waals surface area contributed by atoms with E-state index >= 15 is 0 Å². The summed E-state index contributed by atoms with van der Waals surface area (Å²) in [5, 5.41) is 0. The molecule has 0 unspecified atom stereocenters. The minimum Gasteiger partial charge on any atom is -0.493 e. The van der Waals surface area contributed by atoms with Gasteiger partial charge in [-0.05, 0) is 54.6 Å². The Morgan fingerprint density at radius 3 is 0.833 bits per heavy atom. The van der Waals surface area contributed by atoms with Crippen molar-refractivity contribution in [3.05, 3.63) is 54.6 Å². The predicted octanol–water partition coefficient (Wildman–Crippen LogP) is 4.92. The summed E-state index contributed by atoms with van der Waals surface area (Å²) in [5.74, 6) is 4.89. The van der Waals surface area contributed by atoms with E-state index in [1.807, 2.05) is 54.6 Å². The van der Waals surface area contributed by atoms with Crippen LogP contribution < -0.4 is 28.4 Å². The first kappa shape index (κ1) is 24.6. The van der Waals surface area contributed by atoms with E-state index in [0.29, 0.717) is 52.0 Å². The molecule has 0 radical (unpaired) electrons. The van der Waals surface area contributed by atoms with Gasteiger partial charge >= 0.3 is 0 Å². The zero-order chi connectivity index (χ0) is 25.7. The topological polar surface area (TPSA) is 94.1 Å². The normalized spacial score (nSPS) is 10.5. The molecule has 1 aromatic heterocycles. The molecule has 36 heavy (non-hydrogen) atoms. The molecule has 0 amide bonds. The summed E-state index contributed by atoms with van der Waals surface area (Å²) in [7, 11) is 9.51. The van der Waals surface area contributed by atoms with Crippen LogP contribution in [0.1, 0.15) is 0 Å². The molecule has 4 aromatic rings. The fourth-order valence-electron chi connectivity index (χ4n) is 3.69. The molecule has 9 nitrogen and oxygen atoms in total. The van der Waals surface area contributed by atoms with Crippen molar-refractivity contribution in [2.24, 2.45) is 0 Å². The van der Waals surface area contributed by atoms with Crippen molar-refractivity contribution in [2.45, 2.75) is 0 Å². The smallest absolute Gasteiger partial charge is 0.164 e. The third kappa shape index (κ3) is 4.81. The lowest BCUT2D eigenvalue weighted by atomic mass is 10.1. The van der Waals surface area contributed by atoms with E-state index in [1.165, 1.54) is 0 Å². The van der Waals surface area contributed by atoms with Crippen LogP contribution in [0.15, 0.2) is 54.6 Å². The standard InChI is InChI=1S/C27H27N3O6/c1-31-19-10-7-16(13-22(19)34-4)25-28-26(17-8-11-20(32-2)23(14-17)35-5)30-27(29-25)18-9-12-21(33-3)24(15-18)36-6/h7-15H,1-6H3. The summed E-state index contributed by atoms with van der Waals surface area (Å²) in [6.45, 7) is 0. The second-order valence-electron chi connectivity index (χ2n) is 7.52. The summed E-state index contributed by atoms with van der Waals surface area (Å²) in [6.07, 6.45) is 0. The van der Waals surface area contributed by atoms with Crippen LogP contribution >= 0.6 is 0 Å². The molecule has 0 fully saturated rings. The summed E-state index contributed by atoms with van der Waals surface area (Å²) in [5.41, 5.74) is 2.20. The SMILES string of the molecule is COc1ccc(-c2nc(-c3ccc(OC)c(OC)c3)nc(-c3ccc(OC)c(OC)c3)n2)cc1OC. The van der Waals surface area contributed by atoms with Crippen molar-refractivity contribution in [1.29, 1.82) is 0 Å². The summed E-state index contributed by atoms with van der Waals surface area (Å²) in [6, 6.07) is 16.5. The lowest BCUT2D eigenvalue weighted by Crippen LogP contribution is -2.01. The van der Waals surface area contributed by atoms with E-state index in [1.54, 1.807) is 42.7 Å². The quantitative estimate of drug-likeness (QED) is 0.324. The van der Waals surface area contributed by atoms with E-state index in [2.05, 4.69) is 0 Å². The molecule has 0 N–H and O–H groups in total. The zero-order valence-electron chi connectivity index (χ0n) is 21.0. The van der Waals surface area contributed by atoms with Gasteiger partial charge in [-0.15, -0.1) is 0 Å². The zero-order valence-corrected chi connectivity index (χ0v) is 21.0. The molecule has 0 spiro atoms. The Kier molecular flexibility index (Phi) is 7.39. The van der Waals surface area contributed by atoms with Crippen LogP contribution in [0.3, 0.4) is 0 Å². The number of benzene rings is 3. The Labute approximate surface area is 209 Å². The van der Waals surface area contributed by atoms with Crippen molar-refractivity contribution in [3.63, 3.8) is 0 Å². The van der Waals surface area contributed by atoms with Gasteiger partial charge in [-0.2, -0.15) is 0 Å². The third-order valence-corrected chi connectivity index (χ3v) is 5.56. The van der Waals surface area contributed by atoms with Crippen LogP contribution in [0.2, 0.25) is 0 Å². The lowest BCUT2D eigenvalue weighted by Gasteiger charge is -2.13. The number of hydrogen-bond acceptors (Lipinski definition) is 9. The summed E-state index contributed by atoms with van der Waals surface area (Å²) in [4.78, 5) is 14.3. The molecule has 0 bridgehead atoms. The van der Waals surface area contributed by atoms with Crippen LogP contribution in [0.4, 0.5) is 0 Å². The highest BCUT2D eigenvalue weighted by atomic mass is 16.5. The maximum Gasteiger partial charge on any atom is 0.164 e. The van der Waals surface area contributed by atoms with Gasteiger partial charge in [0.25, 0.3) is 0 Å². The van der Waals surface area contributed by atoms with Crippen LogP contribution in [0.25, 0.3) is 34.2 Å². The molecule has 0 saturated carbocycles. The number of hydrogen-bond donors (Lipinski definition) is 0. The molecule has 0 aliphatic carbocycles. The molecule has 3 aromatic carbocycles. The highest BCUT2D eigenvalue weighted by Gasteiger charge is 2.17. The van der Waals surface area contributed by atoms with Crippen LogP contribution in [-0.4, -0.2) is 57.6 Å². The molecule has 186 valence electrons. The largest absolute Gasteiger partial charge is 0.493 e. The molecule has 0 aliphatic rings. The second kappa shape index (κ2) is 10.8. The van der Waals surface area contributed by atoms with Crippen molar-refractivity contribution in [2.75, 3.05) is 42.7 Å². The average Bonchev–Trinajstić information content (AvgIpc) is 2.95. The number of ether oxygens (including phenoxy) is 6. The second-order valence-corrected chi connectivity index (χ2v) is 7.52. The average molecular weight is 490 g/mol. The van der Waals surface area contributed by atoms with E-state index in [4.69, 9.17) is 43.4 Å². The monoisotopic (exact) mass is 489 g/mol.